The molecule has 138 valence electrons. The Bertz CT molecular complexity index is 764. The molecule has 0 spiro atoms. The molecule has 0 aromatic heterocycles. The van der Waals surface area contributed by atoms with Gasteiger partial charge in [-0.2, -0.15) is 0 Å². The van der Waals surface area contributed by atoms with Crippen LogP contribution in [0, 0.1) is 5.82 Å². The predicted molar refractivity (Wildman–Crippen MR) is 99.6 cm³/mol. The first kappa shape index (κ1) is 18.5. The average molecular weight is 379 g/mol. The molecule has 0 radical (unpaired) electrons. The molecule has 1 N–H and O–H groups in total. The number of nitrogens with zero attached hydrogens (tertiary/aromatic N) is 1. The molecule has 2 aromatic rings. The van der Waals surface area contributed by atoms with Crippen LogP contribution in [-0.4, -0.2) is 38.3 Å². The Balaban J connectivity index is 1.57. The van der Waals surface area contributed by atoms with Crippen molar-refractivity contribution in [3.63, 3.8) is 0 Å². The molecule has 1 aliphatic rings. The number of carbonyl (C=O) groups excluding carboxylic acids is 1. The number of nitrogens with one attached hydrogen (secondary N) is 1. The highest BCUT2D eigenvalue weighted by molar-refractivity contribution is 6.30. The van der Waals surface area contributed by atoms with E-state index in [1.165, 1.54) is 18.2 Å². The second kappa shape index (κ2) is 8.38. The third-order valence-electron chi connectivity index (χ3n) is 4.08. The summed E-state index contributed by atoms with van der Waals surface area (Å²) in [5.74, 6) is -0.497. The van der Waals surface area contributed by atoms with E-state index >= 15 is 0 Å². The summed E-state index contributed by atoms with van der Waals surface area (Å²) in [4.78, 5) is 14.5. The molecule has 1 amide bonds. The fraction of sp³-hybridized carbons (Fsp3) is 0.316. The highest BCUT2D eigenvalue weighted by Gasteiger charge is 2.16. The maximum Gasteiger partial charge on any atom is 0.265 e. The first-order valence-electron chi connectivity index (χ1n) is 8.38. The van der Waals surface area contributed by atoms with Gasteiger partial charge in [0.25, 0.3) is 5.91 Å². The van der Waals surface area contributed by atoms with Crippen LogP contribution in [0.5, 0.6) is 5.75 Å². The molecule has 2 aromatic carbocycles. The zero-order valence-electron chi connectivity index (χ0n) is 14.4. The van der Waals surface area contributed by atoms with Crippen molar-refractivity contribution in [2.45, 2.75) is 13.0 Å². The molecule has 0 aliphatic carbocycles. The zero-order chi connectivity index (χ0) is 18.5. The lowest BCUT2D eigenvalue weighted by Crippen LogP contribution is -2.36. The predicted octanol–water partition coefficient (Wildman–Crippen LogP) is 3.72. The standard InChI is InChI=1S/C19H20ClFN2O3/c1-13(26-16-6-7-18(21)17(20)12-16)19(24)22-14-2-4-15(5-3-14)23-8-10-25-11-9-23/h2-7,12-13H,8-11H2,1H3,(H,22,24)/t13-/m1/s1. The lowest BCUT2D eigenvalue weighted by Gasteiger charge is -2.29. The molecule has 1 fully saturated rings. The van der Waals surface area contributed by atoms with Gasteiger partial charge in [-0.1, -0.05) is 11.6 Å². The molecule has 26 heavy (non-hydrogen) atoms. The third-order valence-corrected chi connectivity index (χ3v) is 4.37. The van der Waals surface area contributed by atoms with Crippen LogP contribution in [0.25, 0.3) is 0 Å². The van der Waals surface area contributed by atoms with Gasteiger partial charge in [0.2, 0.25) is 0 Å². The fourth-order valence-electron chi connectivity index (χ4n) is 2.63. The molecular formula is C19H20ClFN2O3. The van der Waals surface area contributed by atoms with Crippen molar-refractivity contribution < 1.29 is 18.7 Å². The Morgan fingerprint density at radius 1 is 1.23 bits per heavy atom. The molecule has 7 heteroatoms. The van der Waals surface area contributed by atoms with Gasteiger partial charge in [0.15, 0.2) is 6.10 Å². The summed E-state index contributed by atoms with van der Waals surface area (Å²) in [5, 5.41) is 2.76. The smallest absolute Gasteiger partial charge is 0.265 e. The second-order valence-corrected chi connectivity index (χ2v) is 6.38. The van der Waals surface area contributed by atoms with Gasteiger partial charge < -0.3 is 19.7 Å². The zero-order valence-corrected chi connectivity index (χ0v) is 15.1. The first-order chi connectivity index (χ1) is 12.5. The second-order valence-electron chi connectivity index (χ2n) is 5.97. The topological polar surface area (TPSA) is 50.8 Å². The molecule has 1 heterocycles. The summed E-state index contributed by atoms with van der Waals surface area (Å²) in [7, 11) is 0. The SMILES string of the molecule is C[C@@H](Oc1ccc(F)c(Cl)c1)C(=O)Nc1ccc(N2CCOCC2)cc1. The summed E-state index contributed by atoms with van der Waals surface area (Å²) >= 11 is 5.72. The maximum atomic E-state index is 13.2. The van der Waals surface area contributed by atoms with E-state index in [2.05, 4.69) is 10.2 Å². The van der Waals surface area contributed by atoms with E-state index in [0.717, 1.165) is 32.0 Å². The van der Waals surface area contributed by atoms with Crippen LogP contribution in [0.15, 0.2) is 42.5 Å². The Hall–Kier alpha value is -2.31. The van der Waals surface area contributed by atoms with Crippen molar-refractivity contribution in [1.29, 1.82) is 0 Å². The summed E-state index contributed by atoms with van der Waals surface area (Å²) in [5.41, 5.74) is 1.77. The Kier molecular flexibility index (Phi) is 5.96. The van der Waals surface area contributed by atoms with Crippen LogP contribution >= 0.6 is 11.6 Å². The summed E-state index contributed by atoms with van der Waals surface area (Å²) in [6.07, 6.45) is -0.754. The number of ether oxygens (including phenoxy) is 2. The summed E-state index contributed by atoms with van der Waals surface area (Å²) in [6.45, 7) is 4.78. The molecule has 0 saturated carbocycles. The number of hydrogen-bond donors (Lipinski definition) is 1. The number of anilines is 2. The third kappa shape index (κ3) is 4.65. The van der Waals surface area contributed by atoms with Crippen molar-refractivity contribution in [1.82, 2.24) is 0 Å². The van der Waals surface area contributed by atoms with Crippen LogP contribution in [0.4, 0.5) is 15.8 Å². The van der Waals surface area contributed by atoms with E-state index < -0.39 is 11.9 Å². The van der Waals surface area contributed by atoms with E-state index in [4.69, 9.17) is 21.1 Å². The molecule has 1 aliphatic heterocycles. The Morgan fingerprint density at radius 2 is 1.92 bits per heavy atom. The van der Waals surface area contributed by atoms with Crippen molar-refractivity contribution >= 4 is 28.9 Å². The number of halogens is 2. The van der Waals surface area contributed by atoms with Gasteiger partial charge in [-0.3, -0.25) is 4.79 Å². The highest BCUT2D eigenvalue weighted by atomic mass is 35.5. The number of amides is 1. The molecule has 1 atom stereocenters. The number of carbonyl (C=O) groups is 1. The molecular weight excluding hydrogens is 359 g/mol. The van der Waals surface area contributed by atoms with E-state index in [9.17, 15) is 9.18 Å². The quantitative estimate of drug-likeness (QED) is 0.861. The van der Waals surface area contributed by atoms with E-state index in [1.54, 1.807) is 6.92 Å². The van der Waals surface area contributed by atoms with Crippen molar-refractivity contribution in [3.05, 3.63) is 53.3 Å². The number of benzene rings is 2. The molecule has 0 bridgehead atoms. The lowest BCUT2D eigenvalue weighted by molar-refractivity contribution is -0.122. The fourth-order valence-corrected chi connectivity index (χ4v) is 2.80. The minimum atomic E-state index is -0.754. The van der Waals surface area contributed by atoms with Crippen LogP contribution in [-0.2, 0) is 9.53 Å². The van der Waals surface area contributed by atoms with Gasteiger partial charge in [-0.15, -0.1) is 0 Å². The van der Waals surface area contributed by atoms with Crippen molar-refractivity contribution in [2.75, 3.05) is 36.5 Å². The van der Waals surface area contributed by atoms with Gasteiger partial charge >= 0.3 is 0 Å². The summed E-state index contributed by atoms with van der Waals surface area (Å²) in [6, 6.07) is 11.6. The van der Waals surface area contributed by atoms with Gasteiger partial charge in [0.1, 0.15) is 11.6 Å². The van der Waals surface area contributed by atoms with Crippen LogP contribution in [0.1, 0.15) is 6.92 Å². The molecule has 3 rings (SSSR count). The van der Waals surface area contributed by atoms with Gasteiger partial charge in [0, 0.05) is 30.5 Å². The molecule has 1 saturated heterocycles. The van der Waals surface area contributed by atoms with Crippen LogP contribution in [0.3, 0.4) is 0 Å². The lowest BCUT2D eigenvalue weighted by atomic mass is 10.2. The number of morpholine rings is 1. The van der Waals surface area contributed by atoms with Gasteiger partial charge in [0.05, 0.1) is 18.2 Å². The van der Waals surface area contributed by atoms with E-state index in [-0.39, 0.29) is 10.9 Å². The van der Waals surface area contributed by atoms with Crippen molar-refractivity contribution in [3.8, 4) is 5.75 Å². The van der Waals surface area contributed by atoms with Crippen LogP contribution in [0.2, 0.25) is 5.02 Å². The van der Waals surface area contributed by atoms with E-state index in [0.29, 0.717) is 11.4 Å². The monoisotopic (exact) mass is 378 g/mol. The Morgan fingerprint density at radius 3 is 2.58 bits per heavy atom. The molecule has 5 nitrogen and oxygen atoms in total. The number of hydrogen-bond acceptors (Lipinski definition) is 4. The Labute approximate surface area is 156 Å². The van der Waals surface area contributed by atoms with Crippen LogP contribution < -0.4 is 15.0 Å². The largest absolute Gasteiger partial charge is 0.481 e. The van der Waals surface area contributed by atoms with Crippen molar-refractivity contribution in [2.24, 2.45) is 0 Å². The minimum Gasteiger partial charge on any atom is -0.481 e. The van der Waals surface area contributed by atoms with E-state index in [1.807, 2.05) is 24.3 Å². The normalized spacial score (nSPS) is 15.4. The maximum absolute atomic E-state index is 13.2. The molecule has 0 unspecified atom stereocenters. The first-order valence-corrected chi connectivity index (χ1v) is 8.76. The van der Waals surface area contributed by atoms with Gasteiger partial charge in [-0.25, -0.2) is 4.39 Å². The highest BCUT2D eigenvalue weighted by Crippen LogP contribution is 2.23. The minimum absolute atomic E-state index is 0.0474. The summed E-state index contributed by atoms with van der Waals surface area (Å²) < 4.78 is 24.0. The average Bonchev–Trinajstić information content (AvgIpc) is 2.66. The van der Waals surface area contributed by atoms with Gasteiger partial charge in [-0.05, 0) is 43.3 Å². The number of rotatable bonds is 5.